The Labute approximate surface area is 125 Å². The Hall–Kier alpha value is -1.44. The van der Waals surface area contributed by atoms with E-state index in [1.807, 2.05) is 6.92 Å². The van der Waals surface area contributed by atoms with Crippen LogP contribution in [0.4, 0.5) is 0 Å². The van der Waals surface area contributed by atoms with Crippen LogP contribution >= 0.6 is 0 Å². The first-order chi connectivity index (χ1) is 9.39. The summed E-state index contributed by atoms with van der Waals surface area (Å²) in [4.78, 5) is 10.1. The topological polar surface area (TPSA) is 121 Å². The molecule has 0 fully saturated rings. The van der Waals surface area contributed by atoms with E-state index in [1.165, 1.54) is 12.1 Å². The maximum atomic E-state index is 10.5. The summed E-state index contributed by atoms with van der Waals surface area (Å²) in [6, 6.07) is 5.19. The molecule has 1 aromatic carbocycles. The summed E-state index contributed by atoms with van der Waals surface area (Å²) in [5.74, 6) is -0.942. The van der Waals surface area contributed by atoms with Gasteiger partial charge in [0.1, 0.15) is 16.2 Å². The first-order valence-corrected chi connectivity index (χ1v) is 7.83. The molecule has 0 bridgehead atoms. The standard InChI is InChI=1S/C8H10O3S.C6H13NO2/c1-2-7-3-5-8(6-4-7)12(9,10)11;1-6(2,3)4(7)5(8)9/h3-6H,2H2,1H3,(H,9,10,11);4H,7H2,1-3H3,(H,8,9)/p-1/t;4-/m.1/s1. The Bertz CT molecular complexity index is 558. The second kappa shape index (κ2) is 7.53. The zero-order valence-corrected chi connectivity index (χ0v) is 13.5. The molecule has 0 aromatic heterocycles. The lowest BCUT2D eigenvalue weighted by Gasteiger charge is -2.22. The number of carbonyl (C=O) groups is 1. The van der Waals surface area contributed by atoms with E-state index in [9.17, 15) is 17.8 Å². The quantitative estimate of drug-likeness (QED) is 0.817. The monoisotopic (exact) mass is 316 g/mol. The number of aryl methyl sites for hydroxylation is 1. The highest BCUT2D eigenvalue weighted by molar-refractivity contribution is 7.85. The molecule has 0 aliphatic carbocycles. The SMILES string of the molecule is CC(C)(C)[C@H](N)C(=O)O.CCc1ccc(S(=O)(=O)[O-])cc1. The van der Waals surface area contributed by atoms with Crippen molar-refractivity contribution in [2.24, 2.45) is 11.1 Å². The minimum absolute atomic E-state index is 0.167. The van der Waals surface area contributed by atoms with Crippen LogP contribution in [0.1, 0.15) is 33.3 Å². The normalized spacial score (nSPS) is 13.0. The van der Waals surface area contributed by atoms with Crippen molar-refractivity contribution in [3.05, 3.63) is 29.8 Å². The predicted molar refractivity (Wildman–Crippen MR) is 78.8 cm³/mol. The van der Waals surface area contributed by atoms with Crippen LogP contribution in [0.3, 0.4) is 0 Å². The van der Waals surface area contributed by atoms with Gasteiger partial charge in [0.15, 0.2) is 0 Å². The molecule has 0 saturated carbocycles. The van der Waals surface area contributed by atoms with Crippen molar-refractivity contribution in [2.75, 3.05) is 0 Å². The van der Waals surface area contributed by atoms with Gasteiger partial charge in [-0.1, -0.05) is 39.8 Å². The van der Waals surface area contributed by atoms with Crippen molar-refractivity contribution < 1.29 is 22.9 Å². The summed E-state index contributed by atoms with van der Waals surface area (Å²) in [5.41, 5.74) is 5.97. The van der Waals surface area contributed by atoms with Gasteiger partial charge in [-0.2, -0.15) is 0 Å². The Kier molecular flexibility index (Phi) is 7.02. The molecule has 0 radical (unpaired) electrons. The van der Waals surface area contributed by atoms with Crippen LogP contribution in [-0.4, -0.2) is 30.1 Å². The summed E-state index contributed by atoms with van der Waals surface area (Å²) in [6.07, 6.45) is 0.833. The van der Waals surface area contributed by atoms with Crippen molar-refractivity contribution in [2.45, 2.75) is 45.1 Å². The van der Waals surface area contributed by atoms with Crippen LogP contribution in [0.15, 0.2) is 29.2 Å². The summed E-state index contributed by atoms with van der Waals surface area (Å²) in [6.45, 7) is 7.35. The summed E-state index contributed by atoms with van der Waals surface area (Å²) in [7, 11) is -4.28. The number of hydrogen-bond donors (Lipinski definition) is 2. The average Bonchev–Trinajstić information content (AvgIpc) is 2.36. The van der Waals surface area contributed by atoms with Gasteiger partial charge in [0.25, 0.3) is 0 Å². The van der Waals surface area contributed by atoms with Gasteiger partial charge in [-0.15, -0.1) is 0 Å². The van der Waals surface area contributed by atoms with Crippen molar-refractivity contribution in [1.82, 2.24) is 0 Å². The molecule has 0 unspecified atom stereocenters. The lowest BCUT2D eigenvalue weighted by molar-refractivity contribution is -0.141. The van der Waals surface area contributed by atoms with Gasteiger partial charge >= 0.3 is 5.97 Å². The summed E-state index contributed by atoms with van der Waals surface area (Å²) in [5, 5.41) is 8.39. The Morgan fingerprint density at radius 2 is 1.71 bits per heavy atom. The number of aliphatic carboxylic acids is 1. The fourth-order valence-electron chi connectivity index (χ4n) is 1.26. The van der Waals surface area contributed by atoms with Crippen molar-refractivity contribution in [3.63, 3.8) is 0 Å². The van der Waals surface area contributed by atoms with Crippen LogP contribution in [0, 0.1) is 5.41 Å². The van der Waals surface area contributed by atoms with E-state index in [0.29, 0.717) is 0 Å². The number of hydrogen-bond acceptors (Lipinski definition) is 5. The van der Waals surface area contributed by atoms with Gasteiger partial charge in [-0.3, -0.25) is 4.79 Å². The van der Waals surface area contributed by atoms with Gasteiger partial charge in [0.05, 0.1) is 4.90 Å². The highest BCUT2D eigenvalue weighted by Crippen LogP contribution is 2.16. The van der Waals surface area contributed by atoms with Gasteiger partial charge < -0.3 is 15.4 Å². The van der Waals surface area contributed by atoms with E-state index in [2.05, 4.69) is 0 Å². The molecular weight excluding hydrogens is 294 g/mol. The highest BCUT2D eigenvalue weighted by Gasteiger charge is 2.26. The van der Waals surface area contributed by atoms with Crippen LogP contribution in [0.25, 0.3) is 0 Å². The van der Waals surface area contributed by atoms with Crippen LogP contribution in [-0.2, 0) is 21.3 Å². The second-order valence-corrected chi connectivity index (χ2v) is 7.01. The van der Waals surface area contributed by atoms with E-state index in [4.69, 9.17) is 10.8 Å². The molecule has 0 aliphatic rings. The lowest BCUT2D eigenvalue weighted by Crippen LogP contribution is -2.41. The molecule has 0 amide bonds. The van der Waals surface area contributed by atoms with Crippen molar-refractivity contribution >= 4 is 16.1 Å². The third-order valence-electron chi connectivity index (χ3n) is 2.82. The van der Waals surface area contributed by atoms with Crippen molar-refractivity contribution in [3.8, 4) is 0 Å². The zero-order chi connectivity index (χ0) is 16.8. The fraction of sp³-hybridized carbons (Fsp3) is 0.500. The molecule has 6 nitrogen and oxygen atoms in total. The number of benzene rings is 1. The van der Waals surface area contributed by atoms with Crippen LogP contribution in [0.5, 0.6) is 0 Å². The largest absolute Gasteiger partial charge is 0.744 e. The lowest BCUT2D eigenvalue weighted by atomic mass is 9.88. The number of carboxylic acids is 1. The molecule has 120 valence electrons. The molecule has 1 atom stereocenters. The summed E-state index contributed by atoms with van der Waals surface area (Å²) < 4.78 is 31.4. The third kappa shape index (κ3) is 7.22. The molecule has 1 aromatic rings. The Morgan fingerprint density at radius 1 is 1.29 bits per heavy atom. The second-order valence-electron chi connectivity index (χ2n) is 5.63. The van der Waals surface area contributed by atoms with Crippen LogP contribution < -0.4 is 5.73 Å². The van der Waals surface area contributed by atoms with E-state index >= 15 is 0 Å². The number of carboxylic acid groups (broad SMARTS) is 1. The van der Waals surface area contributed by atoms with Crippen LogP contribution in [0.2, 0.25) is 0 Å². The Balaban J connectivity index is 0.000000400. The third-order valence-corrected chi connectivity index (χ3v) is 3.67. The molecule has 0 heterocycles. The number of nitrogens with two attached hydrogens (primary N) is 1. The number of rotatable bonds is 3. The molecule has 0 saturated heterocycles. The fourth-order valence-corrected chi connectivity index (χ4v) is 1.73. The maximum Gasteiger partial charge on any atom is 0.321 e. The summed E-state index contributed by atoms with van der Waals surface area (Å²) >= 11 is 0. The smallest absolute Gasteiger partial charge is 0.321 e. The van der Waals surface area contributed by atoms with E-state index in [0.717, 1.165) is 12.0 Å². The first-order valence-electron chi connectivity index (χ1n) is 6.42. The van der Waals surface area contributed by atoms with Gasteiger partial charge in [-0.25, -0.2) is 8.42 Å². The van der Waals surface area contributed by atoms with E-state index in [1.54, 1.807) is 32.9 Å². The molecular formula is C14H22NO5S-. The molecule has 1 rings (SSSR count). The zero-order valence-electron chi connectivity index (χ0n) is 12.7. The molecule has 21 heavy (non-hydrogen) atoms. The molecule has 0 aliphatic heterocycles. The van der Waals surface area contributed by atoms with Gasteiger partial charge in [0, 0.05) is 0 Å². The Morgan fingerprint density at radius 3 is 1.90 bits per heavy atom. The van der Waals surface area contributed by atoms with Gasteiger partial charge in [0.2, 0.25) is 0 Å². The maximum absolute atomic E-state index is 10.5. The van der Waals surface area contributed by atoms with E-state index in [-0.39, 0.29) is 10.3 Å². The molecule has 7 heteroatoms. The van der Waals surface area contributed by atoms with E-state index < -0.39 is 22.1 Å². The van der Waals surface area contributed by atoms with Crippen molar-refractivity contribution in [1.29, 1.82) is 0 Å². The average molecular weight is 316 g/mol. The first kappa shape index (κ1) is 19.6. The highest BCUT2D eigenvalue weighted by atomic mass is 32.2. The molecule has 0 spiro atoms. The van der Waals surface area contributed by atoms with Gasteiger partial charge in [-0.05, 0) is 29.5 Å². The minimum Gasteiger partial charge on any atom is -0.744 e. The minimum atomic E-state index is -4.28. The molecule has 3 N–H and O–H groups in total. The predicted octanol–water partition coefficient (Wildman–Crippen LogP) is 1.60.